The highest BCUT2D eigenvalue weighted by atomic mass is 16.6. The molecule has 0 radical (unpaired) electrons. The van der Waals surface area contributed by atoms with Gasteiger partial charge in [-0.2, -0.15) is 0 Å². The van der Waals surface area contributed by atoms with Gasteiger partial charge in [0, 0.05) is 41.0 Å². The second kappa shape index (κ2) is 16.5. The number of methoxy groups -OCH3 is 4. The molecule has 0 saturated carbocycles. The van der Waals surface area contributed by atoms with Crippen LogP contribution in [0.1, 0.15) is 57.6 Å². The van der Waals surface area contributed by atoms with Crippen LogP contribution in [0.15, 0.2) is 84.3 Å². The van der Waals surface area contributed by atoms with Crippen molar-refractivity contribution in [3.8, 4) is 39.8 Å². The molecule has 60 heavy (non-hydrogen) atoms. The molecule has 2 heterocycles. The van der Waals surface area contributed by atoms with Crippen LogP contribution in [0.2, 0.25) is 0 Å². The van der Waals surface area contributed by atoms with Crippen LogP contribution in [0.5, 0.6) is 17.2 Å². The Morgan fingerprint density at radius 1 is 0.683 bits per heavy atom. The lowest BCUT2D eigenvalue weighted by atomic mass is 9.92. The molecule has 1 aliphatic rings. The number of ether oxygens (including phenoxy) is 5. The summed E-state index contributed by atoms with van der Waals surface area (Å²) in [7, 11) is 4.81. The number of carbonyl (C=O) groups is 5. The first kappa shape index (κ1) is 41.1. The number of hydrogen-bond donors (Lipinski definition) is 2. The summed E-state index contributed by atoms with van der Waals surface area (Å²) in [5.41, 5.74) is 2.99. The van der Waals surface area contributed by atoms with E-state index in [1.165, 1.54) is 69.7 Å². The fraction of sp³-hybridized carbons (Fsp3) is 0.125. The van der Waals surface area contributed by atoms with Crippen molar-refractivity contribution in [3.05, 3.63) is 138 Å². The van der Waals surface area contributed by atoms with Crippen LogP contribution in [0.25, 0.3) is 22.5 Å². The van der Waals surface area contributed by atoms with E-state index in [1.54, 1.807) is 0 Å². The summed E-state index contributed by atoms with van der Waals surface area (Å²) in [6.07, 6.45) is 0. The third-order valence-electron chi connectivity index (χ3n) is 9.17. The minimum absolute atomic E-state index is 0.0329. The van der Waals surface area contributed by atoms with Crippen molar-refractivity contribution in [2.45, 2.75) is 6.92 Å². The molecule has 2 aromatic heterocycles. The number of allylic oxidation sites excluding steroid dienone is 2. The van der Waals surface area contributed by atoms with Crippen molar-refractivity contribution in [1.82, 2.24) is 9.97 Å². The fourth-order valence-electron chi connectivity index (χ4n) is 6.23. The number of pyridine rings is 2. The molecule has 6 rings (SSSR count). The monoisotopic (exact) mass is 818 g/mol. The molecule has 3 aromatic carbocycles. The first-order valence-corrected chi connectivity index (χ1v) is 17.2. The molecule has 0 aliphatic heterocycles. The van der Waals surface area contributed by atoms with Crippen LogP contribution < -0.4 is 25.3 Å². The Kier molecular flexibility index (Phi) is 11.3. The van der Waals surface area contributed by atoms with Gasteiger partial charge in [-0.1, -0.05) is 0 Å². The predicted molar refractivity (Wildman–Crippen MR) is 208 cm³/mol. The normalized spacial score (nSPS) is 11.9. The lowest BCUT2D eigenvalue weighted by Crippen LogP contribution is -2.28. The molecular formula is C40H30N6O14. The summed E-state index contributed by atoms with van der Waals surface area (Å²) < 4.78 is 27.2. The van der Waals surface area contributed by atoms with E-state index in [4.69, 9.17) is 29.4 Å². The highest BCUT2D eigenvalue weighted by Gasteiger charge is 2.35. The molecular weight excluding hydrogens is 788 g/mol. The molecule has 0 bridgehead atoms. The highest BCUT2D eigenvalue weighted by molar-refractivity contribution is 6.25. The standard InChI is InChI=1S/C40H30N6O14/c1-18-27(23-15-17-26(56-2)36(57-3)35(23)60-39(50)20-8-12-22(13-9-20)46(54)55)32(44-38(49)19-6-10-21(11-7-19)45(52)53)31(43-29(18)40(51)59-5)25-16-14-24-30(42-25)34(48)28(41)37(58-4)33(24)47/h6-17H,41H2,1-5H3,(H,44,49). The number of rotatable bonds is 12. The number of fused-ring (bicyclic) bond motifs is 1. The zero-order valence-corrected chi connectivity index (χ0v) is 32.0. The third kappa shape index (κ3) is 7.38. The van der Waals surface area contributed by atoms with Crippen LogP contribution >= 0.6 is 0 Å². The summed E-state index contributed by atoms with van der Waals surface area (Å²) in [6.45, 7) is 1.44. The zero-order valence-electron chi connectivity index (χ0n) is 32.0. The summed E-state index contributed by atoms with van der Waals surface area (Å²) in [5.74, 6) is -5.28. The minimum atomic E-state index is -1.02. The van der Waals surface area contributed by atoms with E-state index in [0.717, 1.165) is 38.5 Å². The molecule has 304 valence electrons. The number of Topliss-reactive ketones (excluding diaryl/α,β-unsaturated/α-hetero) is 2. The van der Waals surface area contributed by atoms with Gasteiger partial charge in [0.2, 0.25) is 17.3 Å². The molecule has 5 aromatic rings. The van der Waals surface area contributed by atoms with E-state index >= 15 is 0 Å². The van der Waals surface area contributed by atoms with Crippen molar-refractivity contribution < 1.29 is 57.5 Å². The second-order valence-electron chi connectivity index (χ2n) is 12.5. The lowest BCUT2D eigenvalue weighted by Gasteiger charge is -2.23. The maximum atomic E-state index is 14.1. The molecule has 1 aliphatic carbocycles. The van der Waals surface area contributed by atoms with Gasteiger partial charge in [0.25, 0.3) is 17.3 Å². The van der Waals surface area contributed by atoms with Gasteiger partial charge in [0.1, 0.15) is 17.1 Å². The number of nitro benzene ring substituents is 2. The van der Waals surface area contributed by atoms with Crippen molar-refractivity contribution in [3.63, 3.8) is 0 Å². The average molecular weight is 819 g/mol. The summed E-state index contributed by atoms with van der Waals surface area (Å²) in [4.78, 5) is 98.3. The van der Waals surface area contributed by atoms with Crippen molar-refractivity contribution in [2.24, 2.45) is 5.73 Å². The van der Waals surface area contributed by atoms with Crippen LogP contribution in [-0.4, -0.2) is 77.7 Å². The Bertz CT molecular complexity index is 2710. The number of benzene rings is 3. The number of aromatic nitrogens is 2. The first-order chi connectivity index (χ1) is 28.6. The second-order valence-corrected chi connectivity index (χ2v) is 12.5. The smallest absolute Gasteiger partial charge is 0.356 e. The highest BCUT2D eigenvalue weighted by Crippen LogP contribution is 2.50. The predicted octanol–water partition coefficient (Wildman–Crippen LogP) is 5.41. The SMILES string of the molecule is COC(=O)c1nc(-c2ccc3c(n2)C(=O)C(N)=C(OC)C3=O)c(NC(=O)c2ccc([N+](=O)[O-])cc2)c(-c2ccc(OC)c(OC)c2OC(=O)c2ccc([N+](=O)[O-])cc2)c1C. The number of ketones is 2. The number of hydrogen-bond acceptors (Lipinski definition) is 17. The third-order valence-corrected chi connectivity index (χ3v) is 9.17. The molecule has 20 heteroatoms. The summed E-state index contributed by atoms with van der Waals surface area (Å²) >= 11 is 0. The van der Waals surface area contributed by atoms with Gasteiger partial charge in [-0.15, -0.1) is 0 Å². The molecule has 0 atom stereocenters. The molecule has 0 spiro atoms. The number of esters is 2. The van der Waals surface area contributed by atoms with E-state index in [1.807, 2.05) is 0 Å². The molecule has 0 fully saturated rings. The number of amides is 1. The summed E-state index contributed by atoms with van der Waals surface area (Å²) in [5, 5.41) is 25.4. The Balaban J connectivity index is 1.67. The van der Waals surface area contributed by atoms with E-state index in [-0.39, 0.29) is 84.8 Å². The maximum absolute atomic E-state index is 14.1. The zero-order chi connectivity index (χ0) is 43.6. The van der Waals surface area contributed by atoms with E-state index in [2.05, 4.69) is 15.3 Å². The fourth-order valence-corrected chi connectivity index (χ4v) is 6.23. The number of nitrogens with two attached hydrogens (primary N) is 1. The minimum Gasteiger partial charge on any atom is -0.493 e. The van der Waals surface area contributed by atoms with Crippen LogP contribution in [0, 0.1) is 27.2 Å². The van der Waals surface area contributed by atoms with Crippen LogP contribution in [0.3, 0.4) is 0 Å². The number of non-ortho nitro benzene ring substituents is 2. The van der Waals surface area contributed by atoms with E-state index < -0.39 is 56.4 Å². The number of nitrogens with zero attached hydrogens (tertiary/aromatic N) is 4. The molecule has 3 N–H and O–H groups in total. The number of nitro groups is 2. The average Bonchev–Trinajstić information content (AvgIpc) is 3.25. The largest absolute Gasteiger partial charge is 0.493 e. The van der Waals surface area contributed by atoms with Gasteiger partial charge < -0.3 is 34.7 Å². The number of anilines is 1. The molecule has 0 unspecified atom stereocenters. The number of carbonyl (C=O) groups excluding carboxylic acids is 5. The van der Waals surface area contributed by atoms with E-state index in [0.29, 0.717) is 0 Å². The maximum Gasteiger partial charge on any atom is 0.356 e. The molecule has 0 saturated heterocycles. The Labute approximate surface area is 337 Å². The quantitative estimate of drug-likeness (QED) is 0.0689. The van der Waals surface area contributed by atoms with Gasteiger partial charge in [-0.05, 0) is 61.0 Å². The van der Waals surface area contributed by atoms with Gasteiger partial charge in [0.05, 0.1) is 60.8 Å². The Hall–Kier alpha value is -8.55. The molecule has 1 amide bonds. The van der Waals surface area contributed by atoms with Crippen molar-refractivity contribution in [1.29, 1.82) is 0 Å². The Morgan fingerprint density at radius 3 is 1.83 bits per heavy atom. The van der Waals surface area contributed by atoms with Gasteiger partial charge >= 0.3 is 11.9 Å². The van der Waals surface area contributed by atoms with Crippen LogP contribution in [0.4, 0.5) is 17.1 Å². The molecule has 20 nitrogen and oxygen atoms in total. The van der Waals surface area contributed by atoms with Gasteiger partial charge in [-0.3, -0.25) is 34.6 Å². The summed E-state index contributed by atoms with van der Waals surface area (Å²) in [6, 6.07) is 14.5. The first-order valence-electron chi connectivity index (χ1n) is 17.2. The number of nitrogens with one attached hydrogen (secondary N) is 1. The van der Waals surface area contributed by atoms with Crippen molar-refractivity contribution in [2.75, 3.05) is 33.8 Å². The van der Waals surface area contributed by atoms with Gasteiger partial charge in [-0.25, -0.2) is 19.6 Å². The van der Waals surface area contributed by atoms with Gasteiger partial charge in [0.15, 0.2) is 23.0 Å². The van der Waals surface area contributed by atoms with Crippen LogP contribution in [-0.2, 0) is 9.47 Å². The Morgan fingerprint density at radius 2 is 1.28 bits per heavy atom. The lowest BCUT2D eigenvalue weighted by molar-refractivity contribution is -0.385. The van der Waals surface area contributed by atoms with Crippen molar-refractivity contribution >= 4 is 46.5 Å². The van der Waals surface area contributed by atoms with E-state index in [9.17, 15) is 44.2 Å². The topological polar surface area (TPSA) is 282 Å².